The number of carboxylic acids is 1. The Balaban J connectivity index is 1.39. The molecule has 0 bridgehead atoms. The van der Waals surface area contributed by atoms with Gasteiger partial charge in [-0.1, -0.05) is 38.1 Å². The molecular weight excluding hydrogens is 569 g/mol. The van der Waals surface area contributed by atoms with Crippen molar-refractivity contribution in [3.63, 3.8) is 0 Å². The summed E-state index contributed by atoms with van der Waals surface area (Å²) in [6, 6.07) is 12.6. The van der Waals surface area contributed by atoms with Gasteiger partial charge in [0.25, 0.3) is 0 Å². The number of nitrogens with two attached hydrogens (primary N) is 1. The van der Waals surface area contributed by atoms with E-state index in [9.17, 15) is 23.1 Å². The highest BCUT2D eigenvalue weighted by Crippen LogP contribution is 2.36. The maximum absolute atomic E-state index is 14.2. The largest absolute Gasteiger partial charge is 0.480 e. The third kappa shape index (κ3) is 9.08. The van der Waals surface area contributed by atoms with Gasteiger partial charge in [-0.3, -0.25) is 14.7 Å². The second kappa shape index (κ2) is 15.6. The highest BCUT2D eigenvalue weighted by Gasteiger charge is 2.41. The van der Waals surface area contributed by atoms with Crippen LogP contribution in [0.2, 0.25) is 0 Å². The first-order valence-electron chi connectivity index (χ1n) is 15.5. The Morgan fingerprint density at radius 2 is 1.84 bits per heavy atom. The number of likely N-dealkylation sites (tertiary alicyclic amines) is 2. The number of allylic oxidation sites excluding steroid dienone is 2. The third-order valence-electron chi connectivity index (χ3n) is 8.75. The predicted molar refractivity (Wildman–Crippen MR) is 167 cm³/mol. The SMILES string of the molecule is CCN=C(C=C(N)Cc1ccc(OC(F)F)cc1)C1CCN(C[C@H]2CN([C@@H](C(=O)O)C(C)C)C[C@@H]2c2cccc(F)c2)CC1. The lowest BCUT2D eigenvalue weighted by atomic mass is 9.86. The number of aliphatic carboxylic acids is 1. The maximum Gasteiger partial charge on any atom is 0.387 e. The Hall–Kier alpha value is -3.37. The van der Waals surface area contributed by atoms with Crippen molar-refractivity contribution in [1.82, 2.24) is 9.80 Å². The molecule has 2 aliphatic heterocycles. The third-order valence-corrected chi connectivity index (χ3v) is 8.75. The molecule has 2 heterocycles. The summed E-state index contributed by atoms with van der Waals surface area (Å²) in [7, 11) is 0. The Bertz CT molecular complexity index is 1290. The van der Waals surface area contributed by atoms with E-state index in [0.29, 0.717) is 31.8 Å². The normalized spacial score (nSPS) is 21.7. The molecule has 3 atom stereocenters. The van der Waals surface area contributed by atoms with Gasteiger partial charge in [-0.2, -0.15) is 8.78 Å². The average Bonchev–Trinajstić information content (AvgIpc) is 3.36. The molecule has 0 radical (unpaired) electrons. The second-order valence-electron chi connectivity index (χ2n) is 12.3. The Morgan fingerprint density at radius 1 is 1.14 bits per heavy atom. The van der Waals surface area contributed by atoms with Crippen LogP contribution in [0.25, 0.3) is 0 Å². The highest BCUT2D eigenvalue weighted by molar-refractivity contribution is 5.97. The minimum absolute atomic E-state index is 0.0363. The van der Waals surface area contributed by atoms with E-state index in [1.165, 1.54) is 18.2 Å². The second-order valence-corrected chi connectivity index (χ2v) is 12.3. The standard InChI is InChI=1S/C34H45F3N4O3/c1-4-39-31(18-28(38)16-23-8-10-29(11-9-23)44-34(36)37)24-12-14-40(15-13-24)19-26-20-41(32(22(2)3)33(42)43)21-30(26)25-6-5-7-27(35)17-25/h5-11,17-18,22,24,26,30,32,34H,4,12-16,19-21,38H2,1-3H3,(H,42,43)/t26-,30+,32+/m0/s1. The molecule has 10 heteroatoms. The van der Waals surface area contributed by atoms with Crippen LogP contribution >= 0.6 is 0 Å². The molecule has 2 aliphatic rings. The van der Waals surface area contributed by atoms with Crippen LogP contribution in [-0.4, -0.2) is 78.5 Å². The minimum Gasteiger partial charge on any atom is -0.480 e. The number of rotatable bonds is 13. The topological polar surface area (TPSA) is 91.4 Å². The lowest BCUT2D eigenvalue weighted by Gasteiger charge is -2.35. The van der Waals surface area contributed by atoms with E-state index in [4.69, 9.17) is 10.7 Å². The van der Waals surface area contributed by atoms with Crippen LogP contribution in [0.15, 0.2) is 65.3 Å². The summed E-state index contributed by atoms with van der Waals surface area (Å²) in [6.07, 6.45) is 4.28. The van der Waals surface area contributed by atoms with E-state index in [0.717, 1.165) is 49.3 Å². The summed E-state index contributed by atoms with van der Waals surface area (Å²) in [5.41, 5.74) is 9.86. The lowest BCUT2D eigenvalue weighted by Crippen LogP contribution is -2.44. The molecule has 4 rings (SSSR count). The molecule has 0 unspecified atom stereocenters. The zero-order chi connectivity index (χ0) is 31.8. The van der Waals surface area contributed by atoms with Crippen LogP contribution in [0.3, 0.4) is 0 Å². The molecule has 2 fully saturated rings. The van der Waals surface area contributed by atoms with Crippen molar-refractivity contribution in [1.29, 1.82) is 0 Å². The van der Waals surface area contributed by atoms with Gasteiger partial charge >= 0.3 is 12.6 Å². The number of nitrogens with zero attached hydrogens (tertiary/aromatic N) is 3. The molecular formula is C34H45F3N4O3. The number of aliphatic imine (C=N–C) groups is 1. The van der Waals surface area contributed by atoms with Crippen molar-refractivity contribution in [3.05, 3.63) is 77.2 Å². The van der Waals surface area contributed by atoms with Crippen molar-refractivity contribution in [2.75, 3.05) is 39.3 Å². The Kier molecular flexibility index (Phi) is 11.9. The molecule has 0 saturated carbocycles. The molecule has 2 aromatic rings. The zero-order valence-corrected chi connectivity index (χ0v) is 25.8. The average molecular weight is 615 g/mol. The number of halogens is 3. The van der Waals surface area contributed by atoms with Crippen molar-refractivity contribution in [3.8, 4) is 5.75 Å². The van der Waals surface area contributed by atoms with Crippen molar-refractivity contribution >= 4 is 11.7 Å². The molecule has 240 valence electrons. The Labute approximate surface area is 258 Å². The number of carboxylic acid groups (broad SMARTS) is 1. The van der Waals surface area contributed by atoms with Gasteiger partial charge in [-0.05, 0) is 86.2 Å². The lowest BCUT2D eigenvalue weighted by molar-refractivity contribution is -0.144. The predicted octanol–water partition coefficient (Wildman–Crippen LogP) is 5.81. The van der Waals surface area contributed by atoms with Crippen LogP contribution in [-0.2, 0) is 11.2 Å². The summed E-state index contributed by atoms with van der Waals surface area (Å²) < 4.78 is 43.5. The first-order valence-corrected chi connectivity index (χ1v) is 15.5. The number of benzene rings is 2. The zero-order valence-electron chi connectivity index (χ0n) is 25.8. The van der Waals surface area contributed by atoms with Gasteiger partial charge in [0.15, 0.2) is 0 Å². The number of alkyl halides is 2. The van der Waals surface area contributed by atoms with Gasteiger partial charge in [0.1, 0.15) is 17.6 Å². The van der Waals surface area contributed by atoms with E-state index >= 15 is 0 Å². The first-order chi connectivity index (χ1) is 21.0. The fourth-order valence-electron chi connectivity index (χ4n) is 6.78. The summed E-state index contributed by atoms with van der Waals surface area (Å²) in [5, 5.41) is 9.96. The van der Waals surface area contributed by atoms with Gasteiger partial charge < -0.3 is 20.5 Å². The van der Waals surface area contributed by atoms with E-state index in [1.807, 2.05) is 32.9 Å². The van der Waals surface area contributed by atoms with Gasteiger partial charge in [0.05, 0.1) is 0 Å². The Morgan fingerprint density at radius 3 is 2.43 bits per heavy atom. The molecule has 44 heavy (non-hydrogen) atoms. The van der Waals surface area contributed by atoms with Crippen LogP contribution in [0, 0.1) is 23.6 Å². The summed E-state index contributed by atoms with van der Waals surface area (Å²) in [4.78, 5) is 21.4. The van der Waals surface area contributed by atoms with Gasteiger partial charge in [0, 0.05) is 55.8 Å². The minimum atomic E-state index is -2.86. The summed E-state index contributed by atoms with van der Waals surface area (Å²) >= 11 is 0. The van der Waals surface area contributed by atoms with E-state index in [1.54, 1.807) is 24.3 Å². The summed E-state index contributed by atoms with van der Waals surface area (Å²) in [6.45, 7) is 7.50. The van der Waals surface area contributed by atoms with Crippen LogP contribution < -0.4 is 10.5 Å². The van der Waals surface area contributed by atoms with Crippen LogP contribution in [0.4, 0.5) is 13.2 Å². The number of ether oxygens (including phenoxy) is 1. The van der Waals surface area contributed by atoms with Gasteiger partial charge in [0.2, 0.25) is 0 Å². The molecule has 0 amide bonds. The first kappa shape index (κ1) is 33.5. The molecule has 0 spiro atoms. The number of carbonyl (C=O) groups is 1. The van der Waals surface area contributed by atoms with E-state index in [2.05, 4.69) is 14.5 Å². The van der Waals surface area contributed by atoms with Gasteiger partial charge in [-0.25, -0.2) is 4.39 Å². The van der Waals surface area contributed by atoms with Crippen molar-refractivity contribution < 1.29 is 27.8 Å². The molecule has 7 nitrogen and oxygen atoms in total. The molecule has 3 N–H and O–H groups in total. The van der Waals surface area contributed by atoms with Crippen molar-refractivity contribution in [2.45, 2.75) is 58.6 Å². The molecule has 0 aliphatic carbocycles. The van der Waals surface area contributed by atoms with Gasteiger partial charge in [-0.15, -0.1) is 0 Å². The number of piperidine rings is 1. The van der Waals surface area contributed by atoms with E-state index < -0.39 is 18.6 Å². The summed E-state index contributed by atoms with van der Waals surface area (Å²) in [5.74, 6) is -0.501. The fourth-order valence-corrected chi connectivity index (χ4v) is 6.78. The highest BCUT2D eigenvalue weighted by atomic mass is 19.3. The molecule has 0 aromatic heterocycles. The quantitative estimate of drug-likeness (QED) is 0.277. The van der Waals surface area contributed by atoms with Crippen molar-refractivity contribution in [2.24, 2.45) is 28.5 Å². The number of hydrogen-bond donors (Lipinski definition) is 2. The van der Waals surface area contributed by atoms with E-state index in [-0.39, 0.29) is 35.2 Å². The number of hydrogen-bond acceptors (Lipinski definition) is 6. The monoisotopic (exact) mass is 614 g/mol. The molecule has 2 aromatic carbocycles. The molecule has 2 saturated heterocycles. The maximum atomic E-state index is 14.2. The van der Waals surface area contributed by atoms with Crippen LogP contribution in [0.1, 0.15) is 50.7 Å². The smallest absolute Gasteiger partial charge is 0.387 e. The fraction of sp³-hybridized carbons (Fsp3) is 0.529. The van der Waals surface area contributed by atoms with Crippen LogP contribution in [0.5, 0.6) is 5.75 Å².